The summed E-state index contributed by atoms with van der Waals surface area (Å²) in [4.78, 5) is 4.15. The lowest BCUT2D eigenvalue weighted by atomic mass is 10.1. The van der Waals surface area contributed by atoms with Crippen LogP contribution >= 0.6 is 24.0 Å². The molecule has 0 saturated carbocycles. The van der Waals surface area contributed by atoms with Crippen LogP contribution in [0.15, 0.2) is 29.3 Å². The molecule has 0 aliphatic carbocycles. The largest absolute Gasteiger partial charge is 0.573 e. The summed E-state index contributed by atoms with van der Waals surface area (Å²) in [7, 11) is 3.52. The molecule has 10 heteroatoms. The van der Waals surface area contributed by atoms with Gasteiger partial charge in [0.25, 0.3) is 0 Å². The van der Waals surface area contributed by atoms with Crippen molar-refractivity contribution in [3.8, 4) is 5.75 Å². The Morgan fingerprint density at radius 1 is 1.28 bits per heavy atom. The molecule has 0 aliphatic heterocycles. The van der Waals surface area contributed by atoms with E-state index in [1.165, 1.54) is 17.7 Å². The minimum Gasteiger partial charge on any atom is -0.405 e. The molecule has 1 unspecified atom stereocenters. The Bertz CT molecular complexity index is 836. The van der Waals surface area contributed by atoms with E-state index in [4.69, 9.17) is 0 Å². The number of hydrogen-bond donors (Lipinski definition) is 2. The zero-order valence-corrected chi connectivity index (χ0v) is 19.4. The van der Waals surface area contributed by atoms with Gasteiger partial charge in [-0.05, 0) is 38.8 Å². The van der Waals surface area contributed by atoms with Crippen LogP contribution in [0, 0.1) is 13.8 Å². The number of aromatic nitrogens is 2. The number of alkyl halides is 3. The van der Waals surface area contributed by atoms with Crippen molar-refractivity contribution in [3.63, 3.8) is 0 Å². The normalized spacial score (nSPS) is 12.9. The van der Waals surface area contributed by atoms with E-state index in [1.807, 2.05) is 32.5 Å². The number of ether oxygens (including phenoxy) is 1. The fraction of sp³-hybridized carbons (Fsp3) is 0.474. The van der Waals surface area contributed by atoms with Crippen molar-refractivity contribution in [1.29, 1.82) is 0 Å². The lowest BCUT2D eigenvalue weighted by Crippen LogP contribution is -2.42. The van der Waals surface area contributed by atoms with Crippen LogP contribution in [0.2, 0.25) is 0 Å². The van der Waals surface area contributed by atoms with E-state index in [0.29, 0.717) is 11.5 Å². The molecule has 29 heavy (non-hydrogen) atoms. The van der Waals surface area contributed by atoms with Gasteiger partial charge in [0.05, 0.1) is 5.69 Å². The standard InChI is InChI=1S/C19H26F3N5O.HI/c1-12(10-16-13(2)26-27(5)14(16)3)25-18(23-4)24-11-15-8-6-7-9-17(15)28-19(20,21)22;/h6-9,12H,10-11H2,1-5H3,(H2,23,24,25);1H. The molecule has 162 valence electrons. The van der Waals surface area contributed by atoms with E-state index in [9.17, 15) is 13.2 Å². The molecule has 1 atom stereocenters. The van der Waals surface area contributed by atoms with Crippen LogP contribution in [0.25, 0.3) is 0 Å². The predicted molar refractivity (Wildman–Crippen MR) is 118 cm³/mol. The number of nitrogens with one attached hydrogen (secondary N) is 2. The number of aryl methyl sites for hydroxylation is 2. The average Bonchev–Trinajstić information content (AvgIpc) is 2.84. The van der Waals surface area contributed by atoms with E-state index in [0.717, 1.165) is 17.8 Å². The molecule has 2 N–H and O–H groups in total. The van der Waals surface area contributed by atoms with E-state index in [-0.39, 0.29) is 42.3 Å². The summed E-state index contributed by atoms with van der Waals surface area (Å²) < 4.78 is 43.6. The van der Waals surface area contributed by atoms with E-state index >= 15 is 0 Å². The number of nitrogens with zero attached hydrogens (tertiary/aromatic N) is 3. The summed E-state index contributed by atoms with van der Waals surface area (Å²) in [5, 5.41) is 10.7. The van der Waals surface area contributed by atoms with Crippen LogP contribution in [0.1, 0.15) is 29.4 Å². The summed E-state index contributed by atoms with van der Waals surface area (Å²) >= 11 is 0. The lowest BCUT2D eigenvalue weighted by molar-refractivity contribution is -0.274. The van der Waals surface area contributed by atoms with Crippen LogP contribution in [-0.2, 0) is 20.0 Å². The number of rotatable bonds is 6. The molecule has 1 aromatic carbocycles. The van der Waals surface area contributed by atoms with Gasteiger partial charge in [-0.3, -0.25) is 9.67 Å². The molecule has 0 bridgehead atoms. The lowest BCUT2D eigenvalue weighted by Gasteiger charge is -2.19. The molecule has 2 aromatic rings. The van der Waals surface area contributed by atoms with Crippen LogP contribution < -0.4 is 15.4 Å². The van der Waals surface area contributed by atoms with Crippen LogP contribution in [0.5, 0.6) is 5.75 Å². The van der Waals surface area contributed by atoms with Crippen molar-refractivity contribution in [2.24, 2.45) is 12.0 Å². The Morgan fingerprint density at radius 2 is 1.93 bits per heavy atom. The molecule has 0 radical (unpaired) electrons. The van der Waals surface area contributed by atoms with Gasteiger partial charge in [-0.15, -0.1) is 37.1 Å². The Balaban J connectivity index is 0.00000420. The van der Waals surface area contributed by atoms with E-state index < -0.39 is 6.36 Å². The van der Waals surface area contributed by atoms with E-state index in [2.05, 4.69) is 25.5 Å². The van der Waals surface area contributed by atoms with Gasteiger partial charge < -0.3 is 15.4 Å². The second-order valence-electron chi connectivity index (χ2n) is 6.60. The molecular weight excluding hydrogens is 498 g/mol. The minimum atomic E-state index is -4.73. The Hall–Kier alpha value is -1.98. The average molecular weight is 525 g/mol. The zero-order valence-electron chi connectivity index (χ0n) is 17.1. The molecule has 0 saturated heterocycles. The molecule has 0 fully saturated rings. The smallest absolute Gasteiger partial charge is 0.405 e. The van der Waals surface area contributed by atoms with Crippen molar-refractivity contribution in [2.75, 3.05) is 7.05 Å². The minimum absolute atomic E-state index is 0. The Kier molecular flexibility index (Phi) is 9.24. The first-order chi connectivity index (χ1) is 13.1. The molecule has 0 amide bonds. The highest BCUT2D eigenvalue weighted by Crippen LogP contribution is 2.26. The van der Waals surface area contributed by atoms with Gasteiger partial charge in [0.15, 0.2) is 5.96 Å². The molecule has 1 heterocycles. The van der Waals surface area contributed by atoms with Crippen molar-refractivity contribution in [1.82, 2.24) is 20.4 Å². The van der Waals surface area contributed by atoms with Crippen LogP contribution in [0.4, 0.5) is 13.2 Å². The summed E-state index contributed by atoms with van der Waals surface area (Å²) in [5.74, 6) is 0.265. The number of para-hydroxylation sites is 1. The third kappa shape index (κ3) is 7.41. The van der Waals surface area contributed by atoms with E-state index in [1.54, 1.807) is 19.2 Å². The first kappa shape index (κ1) is 25.1. The van der Waals surface area contributed by atoms with Crippen molar-refractivity contribution < 1.29 is 17.9 Å². The summed E-state index contributed by atoms with van der Waals surface area (Å²) in [5.41, 5.74) is 3.64. The highest BCUT2D eigenvalue weighted by atomic mass is 127. The molecule has 0 aliphatic rings. The van der Waals surface area contributed by atoms with Crippen molar-refractivity contribution in [3.05, 3.63) is 46.8 Å². The highest BCUT2D eigenvalue weighted by Gasteiger charge is 2.32. The highest BCUT2D eigenvalue weighted by molar-refractivity contribution is 14.0. The fourth-order valence-corrected chi connectivity index (χ4v) is 2.95. The number of hydrogen-bond acceptors (Lipinski definition) is 3. The Labute approximate surface area is 185 Å². The van der Waals surface area contributed by atoms with Gasteiger partial charge in [0.1, 0.15) is 5.75 Å². The molecule has 2 rings (SSSR count). The maximum Gasteiger partial charge on any atom is 0.573 e. The number of aliphatic imine (C=N–C) groups is 1. The monoisotopic (exact) mass is 525 g/mol. The SMILES string of the molecule is CN=C(NCc1ccccc1OC(F)(F)F)NC(C)Cc1c(C)nn(C)c1C.I. The predicted octanol–water partition coefficient (Wildman–Crippen LogP) is 3.85. The Morgan fingerprint density at radius 3 is 2.48 bits per heavy atom. The molecule has 0 spiro atoms. The molecular formula is C19H27F3IN5O. The number of halogens is 4. The molecule has 6 nitrogen and oxygen atoms in total. The maximum absolute atomic E-state index is 12.5. The van der Waals surface area contributed by atoms with Gasteiger partial charge in [-0.2, -0.15) is 5.10 Å². The fourth-order valence-electron chi connectivity index (χ4n) is 2.95. The van der Waals surface area contributed by atoms with Gasteiger partial charge in [0, 0.05) is 37.9 Å². The second kappa shape index (κ2) is 10.7. The van der Waals surface area contributed by atoms with Crippen molar-refractivity contribution >= 4 is 29.9 Å². The zero-order chi connectivity index (χ0) is 20.9. The van der Waals surface area contributed by atoms with Gasteiger partial charge in [0.2, 0.25) is 0 Å². The first-order valence-electron chi connectivity index (χ1n) is 8.90. The third-order valence-electron chi connectivity index (χ3n) is 4.42. The second-order valence-corrected chi connectivity index (χ2v) is 6.60. The molecule has 1 aromatic heterocycles. The van der Waals surface area contributed by atoms with Gasteiger partial charge in [-0.25, -0.2) is 0 Å². The quantitative estimate of drug-likeness (QED) is 0.342. The number of benzene rings is 1. The van der Waals surface area contributed by atoms with Gasteiger partial charge >= 0.3 is 6.36 Å². The number of guanidine groups is 1. The summed E-state index contributed by atoms with van der Waals surface area (Å²) in [6.07, 6.45) is -3.98. The first-order valence-corrected chi connectivity index (χ1v) is 8.90. The summed E-state index contributed by atoms with van der Waals surface area (Å²) in [6.45, 7) is 6.15. The van der Waals surface area contributed by atoms with Crippen LogP contribution in [0.3, 0.4) is 0 Å². The summed E-state index contributed by atoms with van der Waals surface area (Å²) in [6, 6.07) is 6.07. The topological polar surface area (TPSA) is 63.5 Å². The van der Waals surface area contributed by atoms with Gasteiger partial charge in [-0.1, -0.05) is 18.2 Å². The van der Waals surface area contributed by atoms with Crippen LogP contribution in [-0.4, -0.2) is 35.2 Å². The maximum atomic E-state index is 12.5. The van der Waals surface area contributed by atoms with Crippen molar-refractivity contribution in [2.45, 2.75) is 46.1 Å². The third-order valence-corrected chi connectivity index (χ3v) is 4.42.